The minimum atomic E-state index is -5.00. The van der Waals surface area contributed by atoms with Gasteiger partial charge < -0.3 is 20.7 Å². The van der Waals surface area contributed by atoms with Crippen LogP contribution in [0.15, 0.2) is 18.2 Å². The van der Waals surface area contributed by atoms with E-state index in [0.29, 0.717) is 32.6 Å². The molecule has 2 aromatic heterocycles. The molecule has 3 aliphatic rings. The largest absolute Gasteiger partial charge is 0.461 e. The molecule has 0 spiro atoms. The Bertz CT molecular complexity index is 1770. The number of nitrogens with zero attached hydrogens (tertiary/aromatic N) is 5. The number of piperazine rings is 1. The second-order valence-corrected chi connectivity index (χ2v) is 12.8. The smallest absolute Gasteiger partial charge is 0.417 e. The van der Waals surface area contributed by atoms with Crippen LogP contribution < -0.4 is 20.7 Å². The fourth-order valence-corrected chi connectivity index (χ4v) is 7.72. The van der Waals surface area contributed by atoms with E-state index in [0.717, 1.165) is 42.5 Å². The minimum Gasteiger partial charge on any atom is -0.461 e. The molecule has 2 aromatic carbocycles. The Labute approximate surface area is 252 Å². The number of fused-ring (bicyclic) bond motifs is 3. The first kappa shape index (κ1) is 29.3. The van der Waals surface area contributed by atoms with Gasteiger partial charge in [0.1, 0.15) is 29.9 Å². The third kappa shape index (κ3) is 4.79. The molecule has 3 aliphatic heterocycles. The van der Waals surface area contributed by atoms with Crippen LogP contribution in [-0.4, -0.2) is 76.9 Å². The predicted octanol–water partition coefficient (Wildman–Crippen LogP) is 5.54. The number of nitrogens with one attached hydrogen (secondary N) is 1. The lowest BCUT2D eigenvalue weighted by Gasteiger charge is -2.36. The highest BCUT2D eigenvalue weighted by Gasteiger charge is 2.49. The van der Waals surface area contributed by atoms with E-state index in [9.17, 15) is 22.0 Å². The summed E-state index contributed by atoms with van der Waals surface area (Å²) in [5.41, 5.74) is 2.31. The van der Waals surface area contributed by atoms with Gasteiger partial charge in [-0.05, 0) is 44.5 Å². The van der Waals surface area contributed by atoms with Crippen molar-refractivity contribution in [2.45, 2.75) is 50.1 Å². The van der Waals surface area contributed by atoms with E-state index < -0.39 is 40.6 Å². The minimum absolute atomic E-state index is 0.0568. The summed E-state index contributed by atoms with van der Waals surface area (Å²) in [4.78, 5) is 16.7. The summed E-state index contributed by atoms with van der Waals surface area (Å²) in [5.74, 6) is -1.90. The molecule has 0 bridgehead atoms. The zero-order valence-corrected chi connectivity index (χ0v) is 24.5. The standard InChI is InChI=1S/C29H29F6N7OS/c1-14-11-37-6-8-42(14)25-17-9-18(29(33,34)35)20(16-3-4-19(31)24-23(16)38-26(36)44-24)21(32)22(17)39-27(40-25)43-13-28-5-2-7-41(28)12-15(30)10-28/h3-4,9,14-15,37H,2,5-8,10-13H2,1H3,(H2,36,38)/t14-,15-,28-/m0/s1. The number of hydrogen-bond donors (Lipinski definition) is 2. The first-order chi connectivity index (χ1) is 20.9. The summed E-state index contributed by atoms with van der Waals surface area (Å²) in [6.07, 6.45) is -4.11. The van der Waals surface area contributed by atoms with Gasteiger partial charge in [0.15, 0.2) is 10.9 Å². The Balaban J connectivity index is 1.44. The number of nitrogen functional groups attached to an aromatic ring is 1. The molecule has 234 valence electrons. The molecule has 3 saturated heterocycles. The molecule has 4 aromatic rings. The predicted molar refractivity (Wildman–Crippen MR) is 156 cm³/mol. The molecule has 0 radical (unpaired) electrons. The highest BCUT2D eigenvalue weighted by Crippen LogP contribution is 2.46. The highest BCUT2D eigenvalue weighted by molar-refractivity contribution is 7.22. The van der Waals surface area contributed by atoms with Crippen molar-refractivity contribution < 1.29 is 31.1 Å². The Kier molecular flexibility index (Phi) is 7.05. The van der Waals surface area contributed by atoms with Gasteiger partial charge in [-0.3, -0.25) is 4.90 Å². The molecule has 3 N–H and O–H groups in total. The molecule has 5 heterocycles. The number of ether oxygens (including phenoxy) is 1. The zero-order chi connectivity index (χ0) is 31.0. The van der Waals surface area contributed by atoms with Crippen LogP contribution in [0.4, 0.5) is 37.3 Å². The van der Waals surface area contributed by atoms with Crippen molar-refractivity contribution in [3.05, 3.63) is 35.4 Å². The van der Waals surface area contributed by atoms with E-state index in [-0.39, 0.29) is 62.7 Å². The van der Waals surface area contributed by atoms with Crippen molar-refractivity contribution >= 4 is 43.4 Å². The molecule has 3 fully saturated rings. The lowest BCUT2D eigenvalue weighted by Crippen LogP contribution is -2.50. The van der Waals surface area contributed by atoms with Crippen LogP contribution in [0.5, 0.6) is 6.01 Å². The van der Waals surface area contributed by atoms with Gasteiger partial charge >= 0.3 is 12.2 Å². The first-order valence-electron chi connectivity index (χ1n) is 14.4. The number of aromatic nitrogens is 3. The fraction of sp³-hybridized carbons (Fsp3) is 0.483. The van der Waals surface area contributed by atoms with Crippen LogP contribution in [0.1, 0.15) is 31.7 Å². The lowest BCUT2D eigenvalue weighted by molar-refractivity contribution is -0.137. The van der Waals surface area contributed by atoms with E-state index in [4.69, 9.17) is 10.5 Å². The maximum atomic E-state index is 16.7. The van der Waals surface area contributed by atoms with Gasteiger partial charge in [0.05, 0.1) is 21.3 Å². The second kappa shape index (κ2) is 10.6. The number of alkyl halides is 4. The maximum absolute atomic E-state index is 16.7. The normalized spacial score (nSPS) is 24.5. The van der Waals surface area contributed by atoms with E-state index in [1.165, 1.54) is 0 Å². The number of benzene rings is 2. The number of hydrogen-bond acceptors (Lipinski definition) is 9. The van der Waals surface area contributed by atoms with Crippen molar-refractivity contribution in [3.63, 3.8) is 0 Å². The number of rotatable bonds is 5. The average Bonchev–Trinajstić information content (AvgIpc) is 3.64. The molecule has 0 saturated carbocycles. The van der Waals surface area contributed by atoms with Crippen LogP contribution in [-0.2, 0) is 6.18 Å². The van der Waals surface area contributed by atoms with Gasteiger partial charge in [-0.2, -0.15) is 23.1 Å². The Hall–Kier alpha value is -3.43. The summed E-state index contributed by atoms with van der Waals surface area (Å²) in [6, 6.07) is 2.47. The molecule has 0 amide bonds. The summed E-state index contributed by atoms with van der Waals surface area (Å²) in [5, 5.41) is 3.02. The summed E-state index contributed by atoms with van der Waals surface area (Å²) in [7, 11) is 0. The van der Waals surface area contributed by atoms with E-state index in [1.54, 1.807) is 4.90 Å². The van der Waals surface area contributed by atoms with Crippen LogP contribution in [0.2, 0.25) is 0 Å². The van der Waals surface area contributed by atoms with Crippen LogP contribution in [0.25, 0.3) is 32.2 Å². The molecule has 8 nitrogen and oxygen atoms in total. The van der Waals surface area contributed by atoms with Crippen LogP contribution >= 0.6 is 11.3 Å². The monoisotopic (exact) mass is 637 g/mol. The van der Waals surface area contributed by atoms with Crippen molar-refractivity contribution in [2.24, 2.45) is 0 Å². The Morgan fingerprint density at radius 2 is 1.98 bits per heavy atom. The Morgan fingerprint density at radius 1 is 1.16 bits per heavy atom. The summed E-state index contributed by atoms with van der Waals surface area (Å²) >= 11 is 0.759. The van der Waals surface area contributed by atoms with E-state index in [2.05, 4.69) is 20.3 Å². The van der Waals surface area contributed by atoms with Gasteiger partial charge in [-0.15, -0.1) is 0 Å². The molecule has 3 atom stereocenters. The number of halogens is 6. The molecular formula is C29H29F6N7OS. The van der Waals surface area contributed by atoms with Gasteiger partial charge in [0, 0.05) is 55.2 Å². The molecule has 15 heteroatoms. The van der Waals surface area contributed by atoms with Crippen LogP contribution in [0.3, 0.4) is 0 Å². The topological polar surface area (TPSA) is 92.4 Å². The first-order valence-corrected chi connectivity index (χ1v) is 15.2. The lowest BCUT2D eigenvalue weighted by atomic mass is 9.94. The average molecular weight is 638 g/mol. The van der Waals surface area contributed by atoms with E-state index >= 15 is 4.39 Å². The van der Waals surface area contributed by atoms with Crippen molar-refractivity contribution in [3.8, 4) is 17.1 Å². The van der Waals surface area contributed by atoms with Gasteiger partial charge in [-0.25, -0.2) is 18.2 Å². The molecule has 0 unspecified atom stereocenters. The van der Waals surface area contributed by atoms with Crippen molar-refractivity contribution in [1.82, 2.24) is 25.2 Å². The number of nitrogens with two attached hydrogens (primary N) is 1. The Morgan fingerprint density at radius 3 is 2.75 bits per heavy atom. The third-order valence-corrected chi connectivity index (χ3v) is 9.87. The highest BCUT2D eigenvalue weighted by atomic mass is 32.1. The molecule has 0 aliphatic carbocycles. The van der Waals surface area contributed by atoms with Crippen LogP contribution in [0, 0.1) is 11.6 Å². The molecule has 44 heavy (non-hydrogen) atoms. The van der Waals surface area contributed by atoms with E-state index in [1.807, 2.05) is 11.8 Å². The summed E-state index contributed by atoms with van der Waals surface area (Å²) in [6.45, 7) is 4.44. The van der Waals surface area contributed by atoms with Crippen molar-refractivity contribution in [1.29, 1.82) is 0 Å². The van der Waals surface area contributed by atoms with Gasteiger partial charge in [0.2, 0.25) is 0 Å². The van der Waals surface area contributed by atoms with Gasteiger partial charge in [-0.1, -0.05) is 11.3 Å². The molecular weight excluding hydrogens is 608 g/mol. The third-order valence-electron chi connectivity index (χ3n) is 8.98. The summed E-state index contributed by atoms with van der Waals surface area (Å²) < 4.78 is 95.8. The number of anilines is 2. The zero-order valence-electron chi connectivity index (χ0n) is 23.6. The van der Waals surface area contributed by atoms with Gasteiger partial charge in [0.25, 0.3) is 0 Å². The fourth-order valence-electron chi connectivity index (χ4n) is 6.96. The second-order valence-electron chi connectivity index (χ2n) is 11.8. The molecule has 7 rings (SSSR count). The maximum Gasteiger partial charge on any atom is 0.417 e. The number of thiazole rings is 1. The quantitative estimate of drug-likeness (QED) is 0.276. The van der Waals surface area contributed by atoms with Crippen molar-refractivity contribution in [2.75, 3.05) is 50.0 Å². The SMILES string of the molecule is C[C@H]1CNCCN1c1nc(OC[C@@]23CCCN2C[C@@H](F)C3)nc2c(F)c(-c3ccc(F)c4sc(N)nc34)c(C(F)(F)F)cc12.